The fourth-order valence-electron chi connectivity index (χ4n) is 3.41. The Bertz CT molecular complexity index is 815. The standard InChI is InChI=1S/C23H29ClN2O3/c1-16(2)29-22-8-7-19(24)13-21(22)23(28)25-14-17-3-5-18(6-4-17)15-26-11-9-20(27)10-12-26/h3-8,13,16,20,27H,9-12,14-15H2,1-2H3,(H,25,28). The third-order valence-electron chi connectivity index (χ3n) is 4.99. The summed E-state index contributed by atoms with van der Waals surface area (Å²) < 4.78 is 5.73. The number of amides is 1. The third-order valence-corrected chi connectivity index (χ3v) is 5.22. The average molecular weight is 417 g/mol. The molecule has 1 heterocycles. The highest BCUT2D eigenvalue weighted by atomic mass is 35.5. The van der Waals surface area contributed by atoms with Crippen LogP contribution >= 0.6 is 11.6 Å². The van der Waals surface area contributed by atoms with Crippen molar-refractivity contribution < 1.29 is 14.6 Å². The minimum Gasteiger partial charge on any atom is -0.490 e. The number of benzene rings is 2. The maximum absolute atomic E-state index is 12.7. The van der Waals surface area contributed by atoms with E-state index in [9.17, 15) is 9.90 Å². The second kappa shape index (κ2) is 10.1. The SMILES string of the molecule is CC(C)Oc1ccc(Cl)cc1C(=O)NCc1ccc(CN2CCC(O)CC2)cc1. The molecular weight excluding hydrogens is 388 g/mol. The molecule has 1 amide bonds. The van der Waals surface area contributed by atoms with E-state index in [0.717, 1.165) is 38.0 Å². The molecule has 2 aromatic rings. The summed E-state index contributed by atoms with van der Waals surface area (Å²) in [7, 11) is 0. The van der Waals surface area contributed by atoms with Gasteiger partial charge in [0, 0.05) is 31.2 Å². The summed E-state index contributed by atoms with van der Waals surface area (Å²) in [5.74, 6) is 0.322. The fourth-order valence-corrected chi connectivity index (χ4v) is 3.58. The van der Waals surface area contributed by atoms with Crippen molar-refractivity contribution in [3.05, 3.63) is 64.2 Å². The number of carbonyl (C=O) groups is 1. The molecule has 5 nitrogen and oxygen atoms in total. The summed E-state index contributed by atoms with van der Waals surface area (Å²) in [6, 6.07) is 13.4. The summed E-state index contributed by atoms with van der Waals surface area (Å²) in [6.07, 6.45) is 1.51. The van der Waals surface area contributed by atoms with Crippen LogP contribution in [-0.4, -0.2) is 41.2 Å². The van der Waals surface area contributed by atoms with E-state index in [1.54, 1.807) is 18.2 Å². The van der Waals surface area contributed by atoms with Crippen LogP contribution in [0.1, 0.15) is 48.2 Å². The van der Waals surface area contributed by atoms with Crippen molar-refractivity contribution in [2.75, 3.05) is 13.1 Å². The molecule has 1 saturated heterocycles. The summed E-state index contributed by atoms with van der Waals surface area (Å²) in [5.41, 5.74) is 2.71. The van der Waals surface area contributed by atoms with E-state index < -0.39 is 0 Å². The van der Waals surface area contributed by atoms with Crippen molar-refractivity contribution in [3.8, 4) is 5.75 Å². The van der Waals surface area contributed by atoms with Crippen molar-refractivity contribution in [2.24, 2.45) is 0 Å². The number of carbonyl (C=O) groups excluding carboxylic acids is 1. The Balaban J connectivity index is 1.56. The van der Waals surface area contributed by atoms with E-state index in [1.165, 1.54) is 5.56 Å². The molecule has 0 aliphatic carbocycles. The second-order valence-corrected chi connectivity index (χ2v) is 8.25. The van der Waals surface area contributed by atoms with E-state index in [-0.39, 0.29) is 18.1 Å². The first-order valence-corrected chi connectivity index (χ1v) is 10.5. The zero-order chi connectivity index (χ0) is 20.8. The maximum atomic E-state index is 12.7. The molecule has 1 fully saturated rings. The van der Waals surface area contributed by atoms with Crippen molar-refractivity contribution >= 4 is 17.5 Å². The van der Waals surface area contributed by atoms with E-state index >= 15 is 0 Å². The fraction of sp³-hybridized carbons (Fsp3) is 0.435. The molecule has 2 N–H and O–H groups in total. The van der Waals surface area contributed by atoms with E-state index in [2.05, 4.69) is 22.3 Å². The van der Waals surface area contributed by atoms with Gasteiger partial charge in [-0.1, -0.05) is 35.9 Å². The van der Waals surface area contributed by atoms with Gasteiger partial charge in [0.2, 0.25) is 0 Å². The van der Waals surface area contributed by atoms with Gasteiger partial charge >= 0.3 is 0 Å². The van der Waals surface area contributed by atoms with Crippen molar-refractivity contribution in [1.29, 1.82) is 0 Å². The molecule has 1 aliphatic heterocycles. The highest BCUT2D eigenvalue weighted by molar-refractivity contribution is 6.31. The van der Waals surface area contributed by atoms with E-state index in [4.69, 9.17) is 16.3 Å². The number of hydrogen-bond donors (Lipinski definition) is 2. The van der Waals surface area contributed by atoms with Crippen LogP contribution in [0.25, 0.3) is 0 Å². The molecule has 0 aromatic heterocycles. The highest BCUT2D eigenvalue weighted by Crippen LogP contribution is 2.24. The first-order chi connectivity index (χ1) is 13.9. The van der Waals surface area contributed by atoms with Gasteiger partial charge in [0.05, 0.1) is 17.8 Å². The van der Waals surface area contributed by atoms with Crippen LogP contribution in [-0.2, 0) is 13.1 Å². The van der Waals surface area contributed by atoms with Gasteiger partial charge < -0.3 is 15.2 Å². The lowest BCUT2D eigenvalue weighted by atomic mass is 10.1. The third kappa shape index (κ3) is 6.46. The quantitative estimate of drug-likeness (QED) is 0.715. The van der Waals surface area contributed by atoms with Gasteiger partial charge in [0.25, 0.3) is 5.91 Å². The molecule has 29 heavy (non-hydrogen) atoms. The van der Waals surface area contributed by atoms with Crippen LogP contribution in [0.3, 0.4) is 0 Å². The first kappa shape index (κ1) is 21.6. The van der Waals surface area contributed by atoms with Gasteiger partial charge in [-0.25, -0.2) is 0 Å². The maximum Gasteiger partial charge on any atom is 0.255 e. The van der Waals surface area contributed by atoms with Crippen LogP contribution in [0.15, 0.2) is 42.5 Å². The predicted octanol–water partition coefficient (Wildman–Crippen LogP) is 4.01. The smallest absolute Gasteiger partial charge is 0.255 e. The Hall–Kier alpha value is -2.08. The van der Waals surface area contributed by atoms with Gasteiger partial charge in [-0.15, -0.1) is 0 Å². The minimum atomic E-state index is -0.209. The van der Waals surface area contributed by atoms with E-state index in [0.29, 0.717) is 22.9 Å². The lowest BCUT2D eigenvalue weighted by Gasteiger charge is -2.29. The monoisotopic (exact) mass is 416 g/mol. The molecule has 6 heteroatoms. The minimum absolute atomic E-state index is 0.0292. The molecule has 0 saturated carbocycles. The van der Waals surface area contributed by atoms with Gasteiger partial charge in [-0.05, 0) is 56.0 Å². The van der Waals surface area contributed by atoms with Crippen LogP contribution in [0.2, 0.25) is 5.02 Å². The number of nitrogens with zero attached hydrogens (tertiary/aromatic N) is 1. The molecule has 0 radical (unpaired) electrons. The Kier molecular flexibility index (Phi) is 7.53. The first-order valence-electron chi connectivity index (χ1n) is 10.1. The molecule has 156 valence electrons. The van der Waals surface area contributed by atoms with Crippen LogP contribution in [0, 0.1) is 0 Å². The molecule has 0 atom stereocenters. The Morgan fingerprint density at radius 1 is 1.17 bits per heavy atom. The number of hydrogen-bond acceptors (Lipinski definition) is 4. The number of rotatable bonds is 7. The molecule has 3 rings (SSSR count). The summed E-state index contributed by atoms with van der Waals surface area (Å²) in [6.45, 7) is 7.02. The van der Waals surface area contributed by atoms with Crippen LogP contribution < -0.4 is 10.1 Å². The van der Waals surface area contributed by atoms with E-state index in [1.807, 2.05) is 26.0 Å². The molecular formula is C23H29ClN2O3. The highest BCUT2D eigenvalue weighted by Gasteiger charge is 2.17. The Morgan fingerprint density at radius 2 is 1.83 bits per heavy atom. The number of aliphatic hydroxyl groups excluding tert-OH is 1. The summed E-state index contributed by atoms with van der Waals surface area (Å²) >= 11 is 6.07. The summed E-state index contributed by atoms with van der Waals surface area (Å²) in [5, 5.41) is 13.1. The van der Waals surface area contributed by atoms with Crippen molar-refractivity contribution in [2.45, 2.75) is 52.0 Å². The van der Waals surface area contributed by atoms with Crippen LogP contribution in [0.4, 0.5) is 0 Å². The molecule has 0 spiro atoms. The van der Waals surface area contributed by atoms with Crippen LogP contribution in [0.5, 0.6) is 5.75 Å². The summed E-state index contributed by atoms with van der Waals surface area (Å²) in [4.78, 5) is 15.0. The Labute approximate surface area is 177 Å². The number of piperidine rings is 1. The largest absolute Gasteiger partial charge is 0.490 e. The zero-order valence-corrected chi connectivity index (χ0v) is 17.8. The van der Waals surface area contributed by atoms with Crippen molar-refractivity contribution in [3.63, 3.8) is 0 Å². The normalized spacial score (nSPS) is 15.5. The number of likely N-dealkylation sites (tertiary alicyclic amines) is 1. The van der Waals surface area contributed by atoms with Gasteiger partial charge in [-0.3, -0.25) is 9.69 Å². The lowest BCUT2D eigenvalue weighted by molar-refractivity contribution is 0.0792. The van der Waals surface area contributed by atoms with Gasteiger partial charge in [-0.2, -0.15) is 0 Å². The number of aliphatic hydroxyl groups is 1. The van der Waals surface area contributed by atoms with Crippen molar-refractivity contribution in [1.82, 2.24) is 10.2 Å². The van der Waals surface area contributed by atoms with Gasteiger partial charge in [0.1, 0.15) is 5.75 Å². The number of ether oxygens (including phenoxy) is 1. The second-order valence-electron chi connectivity index (χ2n) is 7.81. The lowest BCUT2D eigenvalue weighted by Crippen LogP contribution is -2.35. The number of halogens is 1. The Morgan fingerprint density at radius 3 is 2.48 bits per heavy atom. The number of nitrogens with one attached hydrogen (secondary N) is 1. The molecule has 2 aromatic carbocycles. The van der Waals surface area contributed by atoms with Gasteiger partial charge in [0.15, 0.2) is 0 Å². The zero-order valence-electron chi connectivity index (χ0n) is 17.0. The average Bonchev–Trinajstić information content (AvgIpc) is 2.70. The predicted molar refractivity (Wildman–Crippen MR) is 115 cm³/mol. The molecule has 1 aliphatic rings. The molecule has 0 unspecified atom stereocenters. The molecule has 0 bridgehead atoms. The topological polar surface area (TPSA) is 61.8 Å².